The molecular weight excluding hydrogens is 266 g/mol. The molecule has 1 saturated heterocycles. The molecule has 3 rings (SSSR count). The predicted octanol–water partition coefficient (Wildman–Crippen LogP) is 1.66. The van der Waals surface area contributed by atoms with Crippen LogP contribution in [0.5, 0.6) is 0 Å². The summed E-state index contributed by atoms with van der Waals surface area (Å²) in [5.41, 5.74) is 1.23. The van der Waals surface area contributed by atoms with Gasteiger partial charge in [0, 0.05) is 19.6 Å². The highest BCUT2D eigenvalue weighted by molar-refractivity contribution is 5.18. The van der Waals surface area contributed by atoms with E-state index < -0.39 is 0 Å². The Labute approximate surface area is 124 Å². The zero-order valence-electron chi connectivity index (χ0n) is 12.4. The first-order valence-corrected chi connectivity index (χ1v) is 7.50. The molecule has 1 aliphatic heterocycles. The van der Waals surface area contributed by atoms with E-state index in [0.29, 0.717) is 0 Å². The molecule has 0 saturated carbocycles. The fourth-order valence-corrected chi connectivity index (χ4v) is 2.64. The maximum absolute atomic E-state index is 5.89. The fourth-order valence-electron chi connectivity index (χ4n) is 2.64. The van der Waals surface area contributed by atoms with Gasteiger partial charge in [-0.2, -0.15) is 0 Å². The lowest BCUT2D eigenvalue weighted by Crippen LogP contribution is -2.38. The van der Waals surface area contributed by atoms with Crippen molar-refractivity contribution in [3.8, 4) is 0 Å². The van der Waals surface area contributed by atoms with Crippen molar-refractivity contribution < 1.29 is 4.74 Å². The number of nitrogens with zero attached hydrogens (tertiary/aromatic N) is 5. The number of aryl methyl sites for hydroxylation is 1. The molecule has 1 aliphatic rings. The third kappa shape index (κ3) is 3.46. The minimum absolute atomic E-state index is 0.135. The molecule has 0 spiro atoms. The first-order chi connectivity index (χ1) is 10.4. The topological polar surface area (TPSA) is 56.1 Å². The number of hydrogen-bond acceptors (Lipinski definition) is 5. The smallest absolute Gasteiger partial charge is 0.165 e. The first-order valence-electron chi connectivity index (χ1n) is 7.50. The highest BCUT2D eigenvalue weighted by Crippen LogP contribution is 2.22. The summed E-state index contributed by atoms with van der Waals surface area (Å²) in [6, 6.07) is 10.4. The van der Waals surface area contributed by atoms with Crippen molar-refractivity contribution in [2.75, 3.05) is 19.7 Å². The summed E-state index contributed by atoms with van der Waals surface area (Å²) >= 11 is 0. The average Bonchev–Trinajstić information content (AvgIpc) is 2.96. The standard InChI is InChI=1S/C15H21N5O/c1-2-8-20-15(16-17-18-20)12-19-9-10-21-14(11-19)13-6-4-3-5-7-13/h3-7,14H,2,8-12H2,1H3. The molecule has 0 radical (unpaired) electrons. The average molecular weight is 287 g/mol. The Balaban J connectivity index is 1.65. The van der Waals surface area contributed by atoms with Crippen molar-refractivity contribution >= 4 is 0 Å². The normalized spacial score (nSPS) is 19.8. The minimum Gasteiger partial charge on any atom is -0.371 e. The zero-order valence-corrected chi connectivity index (χ0v) is 12.4. The number of hydrogen-bond donors (Lipinski definition) is 0. The first kappa shape index (κ1) is 14.2. The summed E-state index contributed by atoms with van der Waals surface area (Å²) in [6.07, 6.45) is 1.17. The van der Waals surface area contributed by atoms with Gasteiger partial charge in [0.05, 0.1) is 19.3 Å². The summed E-state index contributed by atoms with van der Waals surface area (Å²) < 4.78 is 7.79. The van der Waals surface area contributed by atoms with Crippen molar-refractivity contribution in [3.63, 3.8) is 0 Å². The molecule has 6 heteroatoms. The number of aromatic nitrogens is 4. The van der Waals surface area contributed by atoms with E-state index in [9.17, 15) is 0 Å². The summed E-state index contributed by atoms with van der Waals surface area (Å²) in [5.74, 6) is 0.936. The summed E-state index contributed by atoms with van der Waals surface area (Å²) in [6.45, 7) is 6.32. The van der Waals surface area contributed by atoms with Crippen LogP contribution in [0.25, 0.3) is 0 Å². The van der Waals surface area contributed by atoms with Crippen molar-refractivity contribution in [2.24, 2.45) is 0 Å². The second kappa shape index (κ2) is 6.78. The van der Waals surface area contributed by atoms with Gasteiger partial charge in [0.15, 0.2) is 5.82 Å². The van der Waals surface area contributed by atoms with Crippen LogP contribution in [0.1, 0.15) is 30.8 Å². The lowest BCUT2D eigenvalue weighted by atomic mass is 10.1. The van der Waals surface area contributed by atoms with Crippen LogP contribution in [0, 0.1) is 0 Å². The molecule has 0 bridgehead atoms. The third-order valence-corrected chi connectivity index (χ3v) is 3.73. The highest BCUT2D eigenvalue weighted by atomic mass is 16.5. The Morgan fingerprint density at radius 2 is 2.14 bits per heavy atom. The van der Waals surface area contributed by atoms with E-state index in [0.717, 1.165) is 45.0 Å². The van der Waals surface area contributed by atoms with Crippen LogP contribution in [0.15, 0.2) is 30.3 Å². The maximum atomic E-state index is 5.89. The predicted molar refractivity (Wildman–Crippen MR) is 78.5 cm³/mol. The van der Waals surface area contributed by atoms with Crippen LogP contribution in [0.3, 0.4) is 0 Å². The largest absolute Gasteiger partial charge is 0.371 e. The van der Waals surface area contributed by atoms with Gasteiger partial charge in [-0.1, -0.05) is 37.3 Å². The molecule has 0 N–H and O–H groups in total. The van der Waals surface area contributed by atoms with Crippen molar-refractivity contribution in [2.45, 2.75) is 32.5 Å². The van der Waals surface area contributed by atoms with E-state index in [-0.39, 0.29) is 6.10 Å². The van der Waals surface area contributed by atoms with E-state index >= 15 is 0 Å². The van der Waals surface area contributed by atoms with Crippen molar-refractivity contribution in [1.29, 1.82) is 0 Å². The van der Waals surface area contributed by atoms with Crippen LogP contribution >= 0.6 is 0 Å². The summed E-state index contributed by atoms with van der Waals surface area (Å²) in [4.78, 5) is 2.36. The minimum atomic E-state index is 0.135. The van der Waals surface area contributed by atoms with Gasteiger partial charge in [0.2, 0.25) is 0 Å². The molecule has 2 heterocycles. The molecule has 0 aliphatic carbocycles. The quantitative estimate of drug-likeness (QED) is 0.837. The molecule has 0 amide bonds. The Hall–Kier alpha value is -1.79. The van der Waals surface area contributed by atoms with E-state index in [1.165, 1.54) is 5.56 Å². The van der Waals surface area contributed by atoms with Gasteiger partial charge in [-0.25, -0.2) is 4.68 Å². The molecule has 1 aromatic heterocycles. The number of morpholine rings is 1. The van der Waals surface area contributed by atoms with Gasteiger partial charge >= 0.3 is 0 Å². The molecular formula is C15H21N5O. The molecule has 6 nitrogen and oxygen atoms in total. The molecule has 2 aromatic rings. The number of tetrazole rings is 1. The van der Waals surface area contributed by atoms with Gasteiger partial charge in [0.1, 0.15) is 0 Å². The Bertz CT molecular complexity index is 556. The van der Waals surface area contributed by atoms with Crippen molar-refractivity contribution in [3.05, 3.63) is 41.7 Å². The lowest BCUT2D eigenvalue weighted by molar-refractivity contribution is -0.0340. The number of benzene rings is 1. The second-order valence-corrected chi connectivity index (χ2v) is 5.32. The van der Waals surface area contributed by atoms with Crippen LogP contribution in [-0.4, -0.2) is 44.8 Å². The monoisotopic (exact) mass is 287 g/mol. The van der Waals surface area contributed by atoms with Crippen LogP contribution in [-0.2, 0) is 17.8 Å². The lowest BCUT2D eigenvalue weighted by Gasteiger charge is -2.32. The van der Waals surface area contributed by atoms with Gasteiger partial charge in [-0.15, -0.1) is 5.10 Å². The van der Waals surface area contributed by atoms with Gasteiger partial charge in [0.25, 0.3) is 0 Å². The molecule has 1 atom stereocenters. The summed E-state index contributed by atoms with van der Waals surface area (Å²) in [7, 11) is 0. The van der Waals surface area contributed by atoms with E-state index in [2.05, 4.69) is 51.6 Å². The van der Waals surface area contributed by atoms with Crippen molar-refractivity contribution in [1.82, 2.24) is 25.1 Å². The fraction of sp³-hybridized carbons (Fsp3) is 0.533. The van der Waals surface area contributed by atoms with E-state index in [1.54, 1.807) is 0 Å². The molecule has 21 heavy (non-hydrogen) atoms. The van der Waals surface area contributed by atoms with Gasteiger partial charge in [-0.3, -0.25) is 4.90 Å². The maximum Gasteiger partial charge on any atom is 0.165 e. The van der Waals surface area contributed by atoms with Crippen LogP contribution in [0.4, 0.5) is 0 Å². The van der Waals surface area contributed by atoms with Crippen LogP contribution < -0.4 is 0 Å². The molecule has 112 valence electrons. The van der Waals surface area contributed by atoms with Gasteiger partial charge in [-0.05, 0) is 22.4 Å². The Kier molecular flexibility index (Phi) is 4.57. The highest BCUT2D eigenvalue weighted by Gasteiger charge is 2.23. The molecule has 1 fully saturated rings. The zero-order chi connectivity index (χ0) is 14.5. The van der Waals surface area contributed by atoms with Crippen LogP contribution in [0.2, 0.25) is 0 Å². The number of ether oxygens (including phenoxy) is 1. The summed E-state index contributed by atoms with van der Waals surface area (Å²) in [5, 5.41) is 12.0. The molecule has 1 aromatic carbocycles. The van der Waals surface area contributed by atoms with Gasteiger partial charge < -0.3 is 4.74 Å². The third-order valence-electron chi connectivity index (χ3n) is 3.73. The van der Waals surface area contributed by atoms with E-state index in [1.807, 2.05) is 10.7 Å². The second-order valence-electron chi connectivity index (χ2n) is 5.32. The Morgan fingerprint density at radius 3 is 2.95 bits per heavy atom. The number of rotatable bonds is 5. The Morgan fingerprint density at radius 1 is 1.29 bits per heavy atom. The SMILES string of the molecule is CCCn1nnnc1CN1CCOC(c2ccccc2)C1. The molecule has 1 unspecified atom stereocenters. The van der Waals surface area contributed by atoms with E-state index in [4.69, 9.17) is 4.74 Å².